The average molecular weight is 317 g/mol. The van der Waals surface area contributed by atoms with Crippen molar-refractivity contribution in [2.45, 2.75) is 77.2 Å². The predicted molar refractivity (Wildman–Crippen MR) is 84.9 cm³/mol. The number of esters is 1. The van der Waals surface area contributed by atoms with Crippen molar-refractivity contribution in [3.05, 3.63) is 0 Å². The summed E-state index contributed by atoms with van der Waals surface area (Å²) in [5.74, 6) is -0.271. The summed E-state index contributed by atoms with van der Waals surface area (Å²) in [7, 11) is -1.82. The molecule has 0 spiro atoms. The van der Waals surface area contributed by atoms with Gasteiger partial charge in [0.1, 0.15) is 0 Å². The van der Waals surface area contributed by atoms with Gasteiger partial charge in [0, 0.05) is 20.0 Å². The molecule has 0 aromatic heterocycles. The molecule has 21 heavy (non-hydrogen) atoms. The molecular formula is C16H30O4P+. The molecule has 4 nitrogen and oxygen atoms in total. The quantitative estimate of drug-likeness (QED) is 0.489. The van der Waals surface area contributed by atoms with Gasteiger partial charge in [0.15, 0.2) is 0 Å². The Morgan fingerprint density at radius 2 is 1.86 bits per heavy atom. The molecule has 0 heterocycles. The summed E-state index contributed by atoms with van der Waals surface area (Å²) in [5, 5.41) is -0.929. The first-order valence-corrected chi connectivity index (χ1v) is 9.53. The molecule has 3 atom stereocenters. The maximum Gasteiger partial charge on any atom is 0.387 e. The molecule has 3 unspecified atom stereocenters. The highest BCUT2D eigenvalue weighted by atomic mass is 31.1. The zero-order valence-corrected chi connectivity index (χ0v) is 14.8. The molecule has 0 aromatic rings. The number of hydrogen-bond donors (Lipinski definition) is 0. The second-order valence-electron chi connectivity index (χ2n) is 6.08. The molecule has 0 radical (unpaired) electrons. The Labute approximate surface area is 129 Å². The number of ether oxygens (including phenoxy) is 2. The van der Waals surface area contributed by atoms with Crippen LogP contribution in [0, 0.1) is 5.92 Å². The summed E-state index contributed by atoms with van der Waals surface area (Å²) in [6, 6.07) is 0. The third kappa shape index (κ3) is 5.03. The first-order chi connectivity index (χ1) is 9.95. The van der Waals surface area contributed by atoms with E-state index in [0.29, 0.717) is 25.6 Å². The van der Waals surface area contributed by atoms with E-state index in [4.69, 9.17) is 9.47 Å². The minimum Gasteiger partial charge on any atom is -0.462 e. The first kappa shape index (κ1) is 18.6. The second kappa shape index (κ2) is 8.85. The monoisotopic (exact) mass is 317 g/mol. The van der Waals surface area contributed by atoms with Gasteiger partial charge in [-0.25, -0.2) is 4.79 Å². The summed E-state index contributed by atoms with van der Waals surface area (Å²) in [6.07, 6.45) is 6.59. The lowest BCUT2D eigenvalue weighted by atomic mass is 9.83. The second-order valence-corrected chi connectivity index (χ2v) is 8.45. The molecule has 0 aromatic carbocycles. The van der Waals surface area contributed by atoms with Crippen molar-refractivity contribution in [1.82, 2.24) is 0 Å². The number of carbonyl (C=O) groups is 1. The lowest BCUT2D eigenvalue weighted by molar-refractivity contribution is -0.146. The Morgan fingerprint density at radius 1 is 1.24 bits per heavy atom. The average Bonchev–Trinajstić information content (AvgIpc) is 2.47. The SMILES string of the molecule is CCOC(=O)C(C)(CC1CCCCC1)[P+](=O)C(C)OCC. The van der Waals surface area contributed by atoms with Gasteiger partial charge in [-0.15, -0.1) is 0 Å². The van der Waals surface area contributed by atoms with E-state index in [-0.39, 0.29) is 5.97 Å². The molecule has 1 rings (SSSR count). The molecule has 0 bridgehead atoms. The molecule has 122 valence electrons. The third-order valence-corrected chi connectivity index (χ3v) is 6.50. The van der Waals surface area contributed by atoms with Gasteiger partial charge in [-0.1, -0.05) is 36.7 Å². The lowest BCUT2D eigenvalue weighted by Gasteiger charge is -2.27. The topological polar surface area (TPSA) is 52.6 Å². The van der Waals surface area contributed by atoms with Crippen LogP contribution in [0.15, 0.2) is 0 Å². The van der Waals surface area contributed by atoms with Gasteiger partial charge < -0.3 is 9.47 Å². The minimum atomic E-state index is -1.82. The number of carbonyl (C=O) groups excluding carboxylic acids is 1. The standard InChI is InChI=1S/C16H30O4P/c1-5-19-13(3)21(18)16(4,15(17)20-6-2)12-14-10-8-7-9-11-14/h13-14H,5-12H2,1-4H3/q+1. The van der Waals surface area contributed by atoms with Gasteiger partial charge in [-0.05, 0) is 26.7 Å². The van der Waals surface area contributed by atoms with E-state index in [2.05, 4.69) is 0 Å². The molecule has 1 saturated carbocycles. The smallest absolute Gasteiger partial charge is 0.387 e. The van der Waals surface area contributed by atoms with Gasteiger partial charge in [-0.3, -0.25) is 0 Å². The predicted octanol–water partition coefficient (Wildman–Crippen LogP) is 4.49. The number of hydrogen-bond acceptors (Lipinski definition) is 4. The van der Waals surface area contributed by atoms with Crippen molar-refractivity contribution in [3.8, 4) is 0 Å². The van der Waals surface area contributed by atoms with Crippen LogP contribution >= 0.6 is 7.80 Å². The summed E-state index contributed by atoms with van der Waals surface area (Å²) >= 11 is 0. The molecule has 0 N–H and O–H groups in total. The third-order valence-electron chi connectivity index (χ3n) is 4.35. The van der Waals surface area contributed by atoms with E-state index >= 15 is 0 Å². The van der Waals surface area contributed by atoms with Crippen LogP contribution in [0.1, 0.15) is 66.2 Å². The van der Waals surface area contributed by atoms with Crippen LogP contribution in [0.2, 0.25) is 0 Å². The highest BCUT2D eigenvalue weighted by Gasteiger charge is 2.56. The molecule has 1 fully saturated rings. The Balaban J connectivity index is 2.87. The van der Waals surface area contributed by atoms with E-state index < -0.39 is 18.8 Å². The van der Waals surface area contributed by atoms with Crippen molar-refractivity contribution in [3.63, 3.8) is 0 Å². The highest BCUT2D eigenvalue weighted by molar-refractivity contribution is 7.48. The van der Waals surface area contributed by atoms with E-state index in [9.17, 15) is 9.36 Å². The highest BCUT2D eigenvalue weighted by Crippen LogP contribution is 2.49. The molecule has 0 amide bonds. The Hall–Kier alpha value is -0.470. The van der Waals surface area contributed by atoms with E-state index in [0.717, 1.165) is 12.8 Å². The van der Waals surface area contributed by atoms with Crippen LogP contribution in [0.4, 0.5) is 0 Å². The fourth-order valence-electron chi connectivity index (χ4n) is 3.21. The number of rotatable bonds is 8. The summed E-state index contributed by atoms with van der Waals surface area (Å²) in [5.41, 5.74) is 0. The summed E-state index contributed by atoms with van der Waals surface area (Å²) in [6.45, 7) is 8.09. The van der Waals surface area contributed by atoms with Crippen LogP contribution in [0.5, 0.6) is 0 Å². The Bertz CT molecular complexity index is 352. The maximum absolute atomic E-state index is 12.9. The Kier molecular flexibility index (Phi) is 7.83. The van der Waals surface area contributed by atoms with Gasteiger partial charge >= 0.3 is 13.8 Å². The van der Waals surface area contributed by atoms with Crippen molar-refractivity contribution < 1.29 is 18.8 Å². The van der Waals surface area contributed by atoms with Gasteiger partial charge in [0.25, 0.3) is 11.0 Å². The van der Waals surface area contributed by atoms with Gasteiger partial charge in [-0.2, -0.15) is 0 Å². The van der Waals surface area contributed by atoms with Crippen molar-refractivity contribution in [2.24, 2.45) is 5.92 Å². The molecule has 0 aliphatic heterocycles. The van der Waals surface area contributed by atoms with E-state index in [1.807, 2.05) is 6.92 Å². The van der Waals surface area contributed by atoms with E-state index in [1.54, 1.807) is 20.8 Å². The zero-order chi connectivity index (χ0) is 15.9. The van der Waals surface area contributed by atoms with Crippen LogP contribution in [0.3, 0.4) is 0 Å². The molecular weight excluding hydrogens is 287 g/mol. The summed E-state index contributed by atoms with van der Waals surface area (Å²) in [4.78, 5) is 12.4. The van der Waals surface area contributed by atoms with Crippen molar-refractivity contribution in [2.75, 3.05) is 13.2 Å². The van der Waals surface area contributed by atoms with Gasteiger partial charge in [0.05, 0.1) is 6.61 Å². The lowest BCUT2D eigenvalue weighted by Crippen LogP contribution is -2.38. The van der Waals surface area contributed by atoms with Crippen LogP contribution < -0.4 is 0 Å². The van der Waals surface area contributed by atoms with Crippen LogP contribution in [-0.4, -0.2) is 30.2 Å². The molecule has 1 aliphatic carbocycles. The van der Waals surface area contributed by atoms with Gasteiger partial charge in [0.2, 0.25) is 0 Å². The fourth-order valence-corrected chi connectivity index (χ4v) is 4.98. The normalized spacial score (nSPS) is 21.4. The fraction of sp³-hybridized carbons (Fsp3) is 0.938. The van der Waals surface area contributed by atoms with Crippen molar-refractivity contribution in [1.29, 1.82) is 0 Å². The van der Waals surface area contributed by atoms with Crippen LogP contribution in [-0.2, 0) is 18.8 Å². The van der Waals surface area contributed by atoms with E-state index in [1.165, 1.54) is 19.3 Å². The molecule has 5 heteroatoms. The Morgan fingerprint density at radius 3 is 2.38 bits per heavy atom. The molecule has 0 saturated heterocycles. The maximum atomic E-state index is 12.9. The van der Waals surface area contributed by atoms with Crippen molar-refractivity contribution >= 4 is 13.8 Å². The zero-order valence-electron chi connectivity index (χ0n) is 13.9. The molecule has 1 aliphatic rings. The van der Waals surface area contributed by atoms with Crippen LogP contribution in [0.25, 0.3) is 0 Å². The largest absolute Gasteiger partial charge is 0.462 e. The minimum absolute atomic E-state index is 0.325. The summed E-state index contributed by atoms with van der Waals surface area (Å²) < 4.78 is 23.6. The first-order valence-electron chi connectivity index (χ1n) is 8.21.